The molecule has 0 aromatic heterocycles. The second-order valence-corrected chi connectivity index (χ2v) is 4.44. The summed E-state index contributed by atoms with van der Waals surface area (Å²) in [4.78, 5) is 10.8. The molecule has 0 saturated heterocycles. The van der Waals surface area contributed by atoms with Gasteiger partial charge >= 0.3 is 0 Å². The Kier molecular flexibility index (Phi) is 5.29. The van der Waals surface area contributed by atoms with Crippen molar-refractivity contribution >= 4 is 23.1 Å². The zero-order chi connectivity index (χ0) is 12.8. The summed E-state index contributed by atoms with van der Waals surface area (Å²) >= 11 is 6.02. The van der Waals surface area contributed by atoms with Gasteiger partial charge in [-0.1, -0.05) is 11.6 Å². The fourth-order valence-electron chi connectivity index (χ4n) is 1.53. The van der Waals surface area contributed by atoms with Crippen LogP contribution in [0.3, 0.4) is 0 Å². The number of hydrogen-bond acceptors (Lipinski definition) is 3. The standard InChI is InChI=1S/C13H18ClNO2/c1-9-7-12(13(17-3)8-11(9)14)15-6-4-5-10(2)16/h7-8,15H,4-6H2,1-3H3. The topological polar surface area (TPSA) is 38.3 Å². The van der Waals surface area contributed by atoms with Gasteiger partial charge < -0.3 is 14.8 Å². The van der Waals surface area contributed by atoms with Gasteiger partial charge in [0.25, 0.3) is 0 Å². The average Bonchev–Trinajstić information content (AvgIpc) is 2.28. The van der Waals surface area contributed by atoms with Crippen LogP contribution in [-0.4, -0.2) is 19.4 Å². The lowest BCUT2D eigenvalue weighted by Gasteiger charge is -2.12. The van der Waals surface area contributed by atoms with Crippen molar-refractivity contribution in [2.75, 3.05) is 19.0 Å². The Labute approximate surface area is 107 Å². The molecule has 94 valence electrons. The van der Waals surface area contributed by atoms with Crippen LogP contribution < -0.4 is 10.1 Å². The molecular formula is C13H18ClNO2. The molecule has 0 amide bonds. The summed E-state index contributed by atoms with van der Waals surface area (Å²) in [5, 5.41) is 3.94. The minimum absolute atomic E-state index is 0.214. The van der Waals surface area contributed by atoms with Crippen LogP contribution in [0.1, 0.15) is 25.3 Å². The van der Waals surface area contributed by atoms with Crippen molar-refractivity contribution in [2.24, 2.45) is 0 Å². The van der Waals surface area contributed by atoms with E-state index in [0.29, 0.717) is 11.4 Å². The van der Waals surface area contributed by atoms with Gasteiger partial charge in [0.2, 0.25) is 0 Å². The molecule has 0 bridgehead atoms. The Morgan fingerprint density at radius 1 is 1.47 bits per heavy atom. The molecule has 0 saturated carbocycles. The molecule has 0 aliphatic carbocycles. The van der Waals surface area contributed by atoms with E-state index in [2.05, 4.69) is 5.32 Å². The van der Waals surface area contributed by atoms with Crippen LogP contribution in [0.4, 0.5) is 5.69 Å². The Morgan fingerprint density at radius 2 is 2.18 bits per heavy atom. The molecule has 0 atom stereocenters. The molecule has 1 aromatic carbocycles. The number of Topliss-reactive ketones (excluding diaryl/α,β-unsaturated/α-hetero) is 1. The van der Waals surface area contributed by atoms with Crippen LogP contribution in [0.2, 0.25) is 5.02 Å². The monoisotopic (exact) mass is 255 g/mol. The first kappa shape index (κ1) is 13.8. The van der Waals surface area contributed by atoms with Crippen LogP contribution in [0.15, 0.2) is 12.1 Å². The number of nitrogens with one attached hydrogen (secondary N) is 1. The quantitative estimate of drug-likeness (QED) is 0.792. The normalized spacial score (nSPS) is 10.1. The summed E-state index contributed by atoms with van der Waals surface area (Å²) < 4.78 is 5.25. The number of methoxy groups -OCH3 is 1. The highest BCUT2D eigenvalue weighted by molar-refractivity contribution is 6.31. The number of aryl methyl sites for hydroxylation is 1. The predicted octanol–water partition coefficient (Wildman–Crippen LogP) is 3.44. The molecule has 3 nitrogen and oxygen atoms in total. The number of ketones is 1. The highest BCUT2D eigenvalue weighted by Gasteiger charge is 2.06. The fraction of sp³-hybridized carbons (Fsp3) is 0.462. The third-order valence-corrected chi connectivity index (χ3v) is 2.91. The van der Waals surface area contributed by atoms with E-state index in [-0.39, 0.29) is 5.78 Å². The number of benzene rings is 1. The Morgan fingerprint density at radius 3 is 2.76 bits per heavy atom. The third kappa shape index (κ3) is 4.27. The lowest BCUT2D eigenvalue weighted by Crippen LogP contribution is -2.05. The molecule has 1 aromatic rings. The zero-order valence-electron chi connectivity index (χ0n) is 10.5. The molecule has 0 fully saturated rings. The van der Waals surface area contributed by atoms with E-state index in [1.807, 2.05) is 13.0 Å². The largest absolute Gasteiger partial charge is 0.495 e. The molecule has 0 aliphatic heterocycles. The van der Waals surface area contributed by atoms with E-state index in [1.165, 1.54) is 0 Å². The Balaban J connectivity index is 2.63. The second kappa shape index (κ2) is 6.50. The summed E-state index contributed by atoms with van der Waals surface area (Å²) in [7, 11) is 1.61. The van der Waals surface area contributed by atoms with Gasteiger partial charge in [0, 0.05) is 24.1 Å². The second-order valence-electron chi connectivity index (χ2n) is 4.03. The van der Waals surface area contributed by atoms with Crippen molar-refractivity contribution in [1.82, 2.24) is 0 Å². The van der Waals surface area contributed by atoms with E-state index in [9.17, 15) is 4.79 Å². The number of carbonyl (C=O) groups excluding carboxylic acids is 1. The maximum absolute atomic E-state index is 10.8. The van der Waals surface area contributed by atoms with Crippen LogP contribution in [0.5, 0.6) is 5.75 Å². The first-order valence-corrected chi connectivity index (χ1v) is 6.00. The molecule has 17 heavy (non-hydrogen) atoms. The molecule has 1 N–H and O–H groups in total. The third-order valence-electron chi connectivity index (χ3n) is 2.50. The smallest absolute Gasteiger partial charge is 0.143 e. The van der Waals surface area contributed by atoms with Gasteiger partial charge in [-0.15, -0.1) is 0 Å². The van der Waals surface area contributed by atoms with E-state index >= 15 is 0 Å². The molecule has 0 heterocycles. The van der Waals surface area contributed by atoms with Crippen molar-refractivity contribution in [1.29, 1.82) is 0 Å². The van der Waals surface area contributed by atoms with Crippen LogP contribution in [-0.2, 0) is 4.79 Å². The van der Waals surface area contributed by atoms with Gasteiger partial charge in [0.05, 0.1) is 12.8 Å². The van der Waals surface area contributed by atoms with E-state index in [4.69, 9.17) is 16.3 Å². The summed E-state index contributed by atoms with van der Waals surface area (Å²) in [6, 6.07) is 3.75. The van der Waals surface area contributed by atoms with E-state index in [0.717, 1.165) is 30.0 Å². The number of carbonyl (C=O) groups is 1. The van der Waals surface area contributed by atoms with Crippen LogP contribution in [0, 0.1) is 6.92 Å². The summed E-state index contributed by atoms with van der Waals surface area (Å²) in [6.07, 6.45) is 1.42. The van der Waals surface area contributed by atoms with Gasteiger partial charge in [-0.3, -0.25) is 0 Å². The van der Waals surface area contributed by atoms with E-state index in [1.54, 1.807) is 20.1 Å². The van der Waals surface area contributed by atoms with Gasteiger partial charge in [-0.2, -0.15) is 0 Å². The summed E-state index contributed by atoms with van der Waals surface area (Å²) in [5.74, 6) is 0.939. The number of rotatable bonds is 6. The van der Waals surface area contributed by atoms with Gasteiger partial charge in [-0.05, 0) is 31.9 Å². The number of ether oxygens (including phenoxy) is 1. The fourth-order valence-corrected chi connectivity index (χ4v) is 1.68. The van der Waals surface area contributed by atoms with Crippen molar-refractivity contribution in [3.8, 4) is 5.75 Å². The van der Waals surface area contributed by atoms with Crippen molar-refractivity contribution in [2.45, 2.75) is 26.7 Å². The molecule has 4 heteroatoms. The Bertz CT molecular complexity index is 405. The first-order chi connectivity index (χ1) is 8.04. The van der Waals surface area contributed by atoms with E-state index < -0.39 is 0 Å². The maximum atomic E-state index is 10.8. The van der Waals surface area contributed by atoms with Crippen LogP contribution >= 0.6 is 11.6 Å². The summed E-state index contributed by atoms with van der Waals surface area (Å²) in [6.45, 7) is 4.30. The van der Waals surface area contributed by atoms with Gasteiger partial charge in [0.1, 0.15) is 11.5 Å². The molecule has 0 unspecified atom stereocenters. The predicted molar refractivity (Wildman–Crippen MR) is 71.1 cm³/mol. The zero-order valence-corrected chi connectivity index (χ0v) is 11.2. The minimum atomic E-state index is 0.214. The maximum Gasteiger partial charge on any atom is 0.143 e. The molecule has 0 radical (unpaired) electrons. The lowest BCUT2D eigenvalue weighted by atomic mass is 10.2. The molecule has 0 spiro atoms. The highest BCUT2D eigenvalue weighted by atomic mass is 35.5. The lowest BCUT2D eigenvalue weighted by molar-refractivity contribution is -0.117. The van der Waals surface area contributed by atoms with Crippen LogP contribution in [0.25, 0.3) is 0 Å². The average molecular weight is 256 g/mol. The van der Waals surface area contributed by atoms with Crippen molar-refractivity contribution in [3.05, 3.63) is 22.7 Å². The first-order valence-electron chi connectivity index (χ1n) is 5.62. The number of hydrogen-bond donors (Lipinski definition) is 1. The number of anilines is 1. The highest BCUT2D eigenvalue weighted by Crippen LogP contribution is 2.30. The van der Waals surface area contributed by atoms with Gasteiger partial charge in [-0.25, -0.2) is 0 Å². The summed E-state index contributed by atoms with van der Waals surface area (Å²) in [5.41, 5.74) is 1.92. The SMILES string of the molecule is COc1cc(Cl)c(C)cc1NCCCC(C)=O. The molecule has 0 aliphatic rings. The minimum Gasteiger partial charge on any atom is -0.495 e. The molecule has 1 rings (SSSR count). The Hall–Kier alpha value is -1.22. The van der Waals surface area contributed by atoms with Crippen molar-refractivity contribution < 1.29 is 9.53 Å². The number of halogens is 1. The van der Waals surface area contributed by atoms with Crippen molar-refractivity contribution in [3.63, 3.8) is 0 Å². The molecular weight excluding hydrogens is 238 g/mol. The van der Waals surface area contributed by atoms with Gasteiger partial charge in [0.15, 0.2) is 0 Å².